The summed E-state index contributed by atoms with van der Waals surface area (Å²) in [4.78, 5) is 23.7. The van der Waals surface area contributed by atoms with E-state index in [1.165, 1.54) is 12.1 Å². The number of thioether (sulfide) groups is 1. The standard InChI is InChI=1S/C19H19F3N4O3S2/c1-29-15-8-6-13(7-9-15)23-16(27)10-31-11-17(28)25-26-18(30)24-14-4-2-12(3-5-14)19(20,21)22/h2-9H,10-11H2,1H3,(H,23,27)(H,25,28)(H2,24,26,30). The zero-order valence-corrected chi connectivity index (χ0v) is 17.8. The van der Waals surface area contributed by atoms with Crippen LogP contribution in [0.2, 0.25) is 0 Å². The molecule has 0 saturated carbocycles. The number of hydrogen-bond acceptors (Lipinski definition) is 5. The number of amides is 2. The van der Waals surface area contributed by atoms with Crippen molar-refractivity contribution in [1.29, 1.82) is 0 Å². The van der Waals surface area contributed by atoms with E-state index >= 15 is 0 Å². The van der Waals surface area contributed by atoms with E-state index in [0.29, 0.717) is 17.1 Å². The van der Waals surface area contributed by atoms with Crippen LogP contribution in [0.15, 0.2) is 48.5 Å². The summed E-state index contributed by atoms with van der Waals surface area (Å²) in [6.45, 7) is 0. The Hall–Kier alpha value is -2.99. The molecule has 31 heavy (non-hydrogen) atoms. The second kappa shape index (κ2) is 11.4. The lowest BCUT2D eigenvalue weighted by molar-refractivity contribution is -0.137. The Morgan fingerprint density at radius 3 is 2.03 bits per heavy atom. The molecule has 0 fully saturated rings. The zero-order chi connectivity index (χ0) is 22.9. The molecule has 0 aliphatic rings. The van der Waals surface area contributed by atoms with E-state index in [0.717, 1.165) is 23.9 Å². The first-order chi connectivity index (χ1) is 14.7. The number of carbonyl (C=O) groups excluding carboxylic acids is 2. The molecule has 12 heteroatoms. The lowest BCUT2D eigenvalue weighted by Crippen LogP contribution is -2.44. The largest absolute Gasteiger partial charge is 0.497 e. The van der Waals surface area contributed by atoms with Gasteiger partial charge in [0.05, 0.1) is 24.2 Å². The van der Waals surface area contributed by atoms with Gasteiger partial charge in [-0.15, -0.1) is 11.8 Å². The summed E-state index contributed by atoms with van der Waals surface area (Å²) >= 11 is 6.06. The van der Waals surface area contributed by atoms with E-state index in [2.05, 4.69) is 21.5 Å². The number of thiocarbonyl (C=S) groups is 1. The third-order valence-electron chi connectivity index (χ3n) is 3.63. The molecule has 0 bridgehead atoms. The van der Waals surface area contributed by atoms with Crippen LogP contribution in [0.5, 0.6) is 5.75 Å². The molecule has 2 rings (SSSR count). The lowest BCUT2D eigenvalue weighted by Gasteiger charge is -2.12. The molecule has 0 atom stereocenters. The van der Waals surface area contributed by atoms with E-state index in [1.54, 1.807) is 31.4 Å². The Labute approximate surface area is 186 Å². The number of nitrogens with one attached hydrogen (secondary N) is 4. The number of anilines is 2. The van der Waals surface area contributed by atoms with Gasteiger partial charge in [0.2, 0.25) is 11.8 Å². The number of carbonyl (C=O) groups is 2. The number of halogens is 3. The number of methoxy groups -OCH3 is 1. The quantitative estimate of drug-likeness (QED) is 0.363. The third kappa shape index (κ3) is 8.72. The Balaban J connectivity index is 1.64. The van der Waals surface area contributed by atoms with Crippen LogP contribution in [-0.4, -0.2) is 35.5 Å². The highest BCUT2D eigenvalue weighted by molar-refractivity contribution is 8.00. The summed E-state index contributed by atoms with van der Waals surface area (Å²) in [5, 5.41) is 5.33. The molecule has 0 aliphatic carbocycles. The molecule has 4 N–H and O–H groups in total. The fraction of sp³-hybridized carbons (Fsp3) is 0.211. The Morgan fingerprint density at radius 1 is 0.903 bits per heavy atom. The fourth-order valence-corrected chi connectivity index (χ4v) is 2.96. The van der Waals surface area contributed by atoms with Gasteiger partial charge in [-0.3, -0.25) is 20.4 Å². The topological polar surface area (TPSA) is 91.5 Å². The molecular weight excluding hydrogens is 453 g/mol. The van der Waals surface area contributed by atoms with E-state index in [1.807, 2.05) is 0 Å². The molecule has 0 unspecified atom stereocenters. The lowest BCUT2D eigenvalue weighted by atomic mass is 10.2. The van der Waals surface area contributed by atoms with Crippen molar-refractivity contribution >= 4 is 52.3 Å². The molecule has 0 saturated heterocycles. The van der Waals surface area contributed by atoms with Crippen LogP contribution in [0, 0.1) is 0 Å². The van der Waals surface area contributed by atoms with Crippen molar-refractivity contribution in [1.82, 2.24) is 10.9 Å². The number of hydrogen-bond donors (Lipinski definition) is 4. The number of alkyl halides is 3. The summed E-state index contributed by atoms with van der Waals surface area (Å²) in [6, 6.07) is 11.1. The molecule has 0 spiro atoms. The number of rotatable bonds is 7. The third-order valence-corrected chi connectivity index (χ3v) is 4.76. The van der Waals surface area contributed by atoms with Crippen LogP contribution in [0.1, 0.15) is 5.56 Å². The fourth-order valence-electron chi connectivity index (χ4n) is 2.18. The molecule has 7 nitrogen and oxygen atoms in total. The van der Waals surface area contributed by atoms with E-state index in [-0.39, 0.29) is 22.5 Å². The molecule has 166 valence electrons. The number of hydrazine groups is 1. The predicted octanol–water partition coefficient (Wildman–Crippen LogP) is 3.40. The van der Waals surface area contributed by atoms with Crippen LogP contribution < -0.4 is 26.2 Å². The van der Waals surface area contributed by atoms with Crippen molar-refractivity contribution in [3.63, 3.8) is 0 Å². The minimum atomic E-state index is -4.42. The molecular formula is C19H19F3N4O3S2. The van der Waals surface area contributed by atoms with E-state index in [9.17, 15) is 22.8 Å². The molecule has 2 aromatic rings. The minimum absolute atomic E-state index is 0.00430. The molecule has 0 aliphatic heterocycles. The van der Waals surface area contributed by atoms with Gasteiger partial charge in [0.15, 0.2) is 5.11 Å². The van der Waals surface area contributed by atoms with Crippen molar-refractivity contribution in [3.05, 3.63) is 54.1 Å². The van der Waals surface area contributed by atoms with Gasteiger partial charge >= 0.3 is 6.18 Å². The maximum Gasteiger partial charge on any atom is 0.416 e. The Bertz CT molecular complexity index is 907. The van der Waals surface area contributed by atoms with E-state index in [4.69, 9.17) is 17.0 Å². The minimum Gasteiger partial charge on any atom is -0.497 e. The zero-order valence-electron chi connectivity index (χ0n) is 16.2. The Kier molecular flexibility index (Phi) is 8.94. The normalized spacial score (nSPS) is 10.7. The molecule has 0 radical (unpaired) electrons. The van der Waals surface area contributed by atoms with Crippen molar-refractivity contribution in [3.8, 4) is 5.75 Å². The number of benzene rings is 2. The van der Waals surface area contributed by atoms with Gasteiger partial charge in [0.25, 0.3) is 0 Å². The second-order valence-electron chi connectivity index (χ2n) is 5.97. The highest BCUT2D eigenvalue weighted by Crippen LogP contribution is 2.29. The Morgan fingerprint density at radius 2 is 1.45 bits per heavy atom. The van der Waals surface area contributed by atoms with Gasteiger partial charge in [0, 0.05) is 11.4 Å². The highest BCUT2D eigenvalue weighted by atomic mass is 32.2. The first kappa shape index (κ1) is 24.3. The summed E-state index contributed by atoms with van der Waals surface area (Å²) < 4.78 is 42.7. The molecule has 0 aromatic heterocycles. The summed E-state index contributed by atoms with van der Waals surface area (Å²) in [6.07, 6.45) is -4.42. The maximum atomic E-state index is 12.5. The predicted molar refractivity (Wildman–Crippen MR) is 118 cm³/mol. The van der Waals surface area contributed by atoms with Crippen molar-refractivity contribution in [2.75, 3.05) is 29.2 Å². The van der Waals surface area contributed by atoms with Crippen molar-refractivity contribution in [2.45, 2.75) is 6.18 Å². The second-order valence-corrected chi connectivity index (χ2v) is 7.37. The summed E-state index contributed by atoms with van der Waals surface area (Å²) in [5.41, 5.74) is 4.93. The molecule has 2 aromatic carbocycles. The van der Waals surface area contributed by atoms with Crippen LogP contribution in [0.4, 0.5) is 24.5 Å². The average molecular weight is 473 g/mol. The summed E-state index contributed by atoms with van der Waals surface area (Å²) in [5.74, 6) is 0.0242. The van der Waals surface area contributed by atoms with Gasteiger partial charge in [-0.2, -0.15) is 13.2 Å². The van der Waals surface area contributed by atoms with Crippen LogP contribution in [0.25, 0.3) is 0 Å². The van der Waals surface area contributed by atoms with Gasteiger partial charge in [-0.05, 0) is 60.7 Å². The van der Waals surface area contributed by atoms with Gasteiger partial charge in [-0.25, -0.2) is 0 Å². The molecule has 2 amide bonds. The molecule has 0 heterocycles. The summed E-state index contributed by atoms with van der Waals surface area (Å²) in [7, 11) is 1.54. The first-order valence-electron chi connectivity index (χ1n) is 8.72. The highest BCUT2D eigenvalue weighted by Gasteiger charge is 2.29. The van der Waals surface area contributed by atoms with E-state index < -0.39 is 17.6 Å². The van der Waals surface area contributed by atoms with Crippen LogP contribution >= 0.6 is 24.0 Å². The maximum absolute atomic E-state index is 12.5. The first-order valence-corrected chi connectivity index (χ1v) is 10.3. The van der Waals surface area contributed by atoms with Gasteiger partial charge < -0.3 is 15.4 Å². The van der Waals surface area contributed by atoms with Gasteiger partial charge in [0.1, 0.15) is 5.75 Å². The van der Waals surface area contributed by atoms with Gasteiger partial charge in [-0.1, -0.05) is 0 Å². The smallest absolute Gasteiger partial charge is 0.416 e. The average Bonchev–Trinajstić information content (AvgIpc) is 2.72. The van der Waals surface area contributed by atoms with Crippen LogP contribution in [-0.2, 0) is 15.8 Å². The van der Waals surface area contributed by atoms with Crippen molar-refractivity contribution < 1.29 is 27.5 Å². The monoisotopic (exact) mass is 472 g/mol. The van der Waals surface area contributed by atoms with Crippen molar-refractivity contribution in [2.24, 2.45) is 0 Å². The number of ether oxygens (including phenoxy) is 1. The van der Waals surface area contributed by atoms with Crippen LogP contribution in [0.3, 0.4) is 0 Å². The SMILES string of the molecule is COc1ccc(NC(=O)CSCC(=O)NNC(=S)Nc2ccc(C(F)(F)F)cc2)cc1.